The number of likely N-dealkylation sites (tertiary alicyclic amines) is 2. The fraction of sp³-hybridized carbons (Fsp3) is 0.486. The van der Waals surface area contributed by atoms with Gasteiger partial charge in [0.1, 0.15) is 11.9 Å². The van der Waals surface area contributed by atoms with Crippen LogP contribution in [0, 0.1) is 23.7 Å². The van der Waals surface area contributed by atoms with Crippen LogP contribution in [0.15, 0.2) is 54.7 Å². The SMILES string of the molecule is COC(=O)N[C@H](C(=O)N1CC[C@@H](C(=O)Nc2ccc(-c3ccc(-c4c[nH]c([C@@H]5CCCN5C(=O)[C@@H](C)C(C)C)n4)cc3)cc2)C1)C(C)C. The van der Waals surface area contributed by atoms with Crippen molar-refractivity contribution in [3.8, 4) is 22.4 Å². The fourth-order valence-electron chi connectivity index (χ4n) is 6.41. The van der Waals surface area contributed by atoms with Crippen LogP contribution in [-0.2, 0) is 19.1 Å². The van der Waals surface area contributed by atoms with Gasteiger partial charge in [-0.15, -0.1) is 0 Å². The molecule has 11 nitrogen and oxygen atoms in total. The highest BCUT2D eigenvalue weighted by molar-refractivity contribution is 5.94. The average molecular weight is 657 g/mol. The molecule has 4 amide bonds. The van der Waals surface area contributed by atoms with Gasteiger partial charge in [0.15, 0.2) is 0 Å². The molecule has 5 rings (SSSR count). The maximum absolute atomic E-state index is 13.1. The molecule has 2 fully saturated rings. The molecule has 0 spiro atoms. The number of H-pyrrole nitrogens is 1. The molecule has 2 aliphatic rings. The molecule has 4 atom stereocenters. The van der Waals surface area contributed by atoms with Crippen LogP contribution in [0.1, 0.15) is 65.7 Å². The molecule has 0 saturated carbocycles. The Kier molecular flexibility index (Phi) is 10.9. The Bertz CT molecular complexity index is 1600. The normalized spacial score (nSPS) is 19.0. The van der Waals surface area contributed by atoms with Gasteiger partial charge in [-0.3, -0.25) is 14.4 Å². The standard InChI is InChI=1S/C37H48N6O5/c1-22(2)24(5)35(45)43-18-7-8-31(43)33-38-20-30(40-33)27-11-9-25(10-12-27)26-13-15-29(16-14-26)39-34(44)28-17-19-42(21-28)36(46)32(23(3)4)41-37(47)48-6/h9-16,20,22-24,28,31-32H,7-8,17-19,21H2,1-6H3,(H,38,40)(H,39,44)(H,41,47)/t24-,28+,31-,32-/m0/s1. The molecule has 3 N–H and O–H groups in total. The lowest BCUT2D eigenvalue weighted by Crippen LogP contribution is -2.50. The van der Waals surface area contributed by atoms with Crippen molar-refractivity contribution in [1.29, 1.82) is 0 Å². The summed E-state index contributed by atoms with van der Waals surface area (Å²) in [6.07, 6.45) is 3.70. The number of benzene rings is 2. The van der Waals surface area contributed by atoms with E-state index in [2.05, 4.69) is 46.3 Å². The number of carbonyl (C=O) groups is 4. The second kappa shape index (κ2) is 15.0. The maximum Gasteiger partial charge on any atom is 0.407 e. The third-order valence-electron chi connectivity index (χ3n) is 9.77. The number of hydrogen-bond donors (Lipinski definition) is 3. The summed E-state index contributed by atoms with van der Waals surface area (Å²) in [6.45, 7) is 11.4. The summed E-state index contributed by atoms with van der Waals surface area (Å²) in [6, 6.07) is 15.2. The second-order valence-corrected chi connectivity index (χ2v) is 13.7. The summed E-state index contributed by atoms with van der Waals surface area (Å²) in [5, 5.41) is 5.60. The number of aromatic amines is 1. The summed E-state index contributed by atoms with van der Waals surface area (Å²) in [5.41, 5.74) is 4.56. The highest BCUT2D eigenvalue weighted by Crippen LogP contribution is 2.34. The number of rotatable bonds is 10. The van der Waals surface area contributed by atoms with Gasteiger partial charge in [-0.05, 0) is 54.4 Å². The number of imidazole rings is 1. The van der Waals surface area contributed by atoms with E-state index in [4.69, 9.17) is 4.98 Å². The second-order valence-electron chi connectivity index (χ2n) is 13.7. The summed E-state index contributed by atoms with van der Waals surface area (Å²) >= 11 is 0. The first-order valence-electron chi connectivity index (χ1n) is 17.0. The van der Waals surface area contributed by atoms with Crippen LogP contribution in [0.25, 0.3) is 22.4 Å². The van der Waals surface area contributed by atoms with Crippen LogP contribution in [0.5, 0.6) is 0 Å². The van der Waals surface area contributed by atoms with Crippen molar-refractivity contribution >= 4 is 29.5 Å². The molecule has 48 heavy (non-hydrogen) atoms. The number of anilines is 1. The largest absolute Gasteiger partial charge is 0.453 e. The van der Waals surface area contributed by atoms with Crippen LogP contribution in [0.2, 0.25) is 0 Å². The molecule has 0 bridgehead atoms. The van der Waals surface area contributed by atoms with Crippen molar-refractivity contribution in [2.24, 2.45) is 23.7 Å². The minimum absolute atomic E-state index is 0.0182. The number of nitrogens with one attached hydrogen (secondary N) is 3. The van der Waals surface area contributed by atoms with Crippen LogP contribution in [-0.4, -0.2) is 76.4 Å². The zero-order chi connectivity index (χ0) is 34.5. The molecular formula is C37H48N6O5. The van der Waals surface area contributed by atoms with Crippen molar-refractivity contribution in [3.05, 3.63) is 60.6 Å². The van der Waals surface area contributed by atoms with Gasteiger partial charge in [-0.1, -0.05) is 71.0 Å². The minimum Gasteiger partial charge on any atom is -0.453 e. The first-order valence-corrected chi connectivity index (χ1v) is 17.0. The molecule has 0 unspecified atom stereocenters. The Morgan fingerprint density at radius 1 is 0.854 bits per heavy atom. The topological polar surface area (TPSA) is 137 Å². The fourth-order valence-corrected chi connectivity index (χ4v) is 6.41. The van der Waals surface area contributed by atoms with E-state index < -0.39 is 12.1 Å². The summed E-state index contributed by atoms with van der Waals surface area (Å²) in [5.74, 6) is 0.501. The summed E-state index contributed by atoms with van der Waals surface area (Å²) < 4.78 is 4.67. The lowest BCUT2D eigenvalue weighted by molar-refractivity contribution is -0.137. The Morgan fingerprint density at radius 3 is 2.12 bits per heavy atom. The number of aromatic nitrogens is 2. The first kappa shape index (κ1) is 34.7. The molecule has 0 radical (unpaired) electrons. The van der Waals surface area contributed by atoms with Gasteiger partial charge in [0.2, 0.25) is 17.7 Å². The Labute approximate surface area is 282 Å². The van der Waals surface area contributed by atoms with Crippen LogP contribution >= 0.6 is 0 Å². The van der Waals surface area contributed by atoms with E-state index in [9.17, 15) is 19.2 Å². The van der Waals surface area contributed by atoms with Gasteiger partial charge in [0.05, 0.1) is 24.8 Å². The van der Waals surface area contributed by atoms with E-state index in [0.717, 1.165) is 47.6 Å². The molecule has 2 saturated heterocycles. The number of alkyl carbamates (subject to hydrolysis) is 1. The predicted octanol–water partition coefficient (Wildman–Crippen LogP) is 5.87. The zero-order valence-electron chi connectivity index (χ0n) is 28.8. The smallest absolute Gasteiger partial charge is 0.407 e. The number of methoxy groups -OCH3 is 1. The van der Waals surface area contributed by atoms with Gasteiger partial charge in [0.25, 0.3) is 0 Å². The highest BCUT2D eigenvalue weighted by atomic mass is 16.5. The van der Waals surface area contributed by atoms with Crippen molar-refractivity contribution in [3.63, 3.8) is 0 Å². The Hall–Kier alpha value is -4.67. The van der Waals surface area contributed by atoms with Gasteiger partial charge >= 0.3 is 6.09 Å². The van der Waals surface area contributed by atoms with Gasteiger partial charge in [-0.2, -0.15) is 0 Å². The van der Waals surface area contributed by atoms with Crippen LogP contribution in [0.3, 0.4) is 0 Å². The van der Waals surface area contributed by atoms with E-state index in [1.165, 1.54) is 7.11 Å². The van der Waals surface area contributed by atoms with Crippen LogP contribution in [0.4, 0.5) is 10.5 Å². The molecule has 0 aliphatic carbocycles. The van der Waals surface area contributed by atoms with E-state index in [0.29, 0.717) is 31.1 Å². The van der Waals surface area contributed by atoms with Crippen molar-refractivity contribution < 1.29 is 23.9 Å². The van der Waals surface area contributed by atoms with Gasteiger partial charge in [-0.25, -0.2) is 9.78 Å². The molecule has 11 heteroatoms. The van der Waals surface area contributed by atoms with E-state index in [-0.39, 0.29) is 41.5 Å². The van der Waals surface area contributed by atoms with Crippen molar-refractivity contribution in [1.82, 2.24) is 25.1 Å². The molecule has 3 heterocycles. The maximum atomic E-state index is 13.1. The number of carbonyl (C=O) groups excluding carboxylic acids is 4. The minimum atomic E-state index is -0.712. The van der Waals surface area contributed by atoms with Crippen LogP contribution < -0.4 is 10.6 Å². The van der Waals surface area contributed by atoms with E-state index in [1.807, 2.05) is 68.3 Å². The third kappa shape index (κ3) is 7.72. The molecule has 1 aromatic heterocycles. The Morgan fingerprint density at radius 2 is 1.50 bits per heavy atom. The predicted molar refractivity (Wildman–Crippen MR) is 185 cm³/mol. The summed E-state index contributed by atoms with van der Waals surface area (Å²) in [7, 11) is 1.26. The highest BCUT2D eigenvalue weighted by Gasteiger charge is 2.37. The van der Waals surface area contributed by atoms with Gasteiger partial charge in [0, 0.05) is 43.0 Å². The zero-order valence-corrected chi connectivity index (χ0v) is 28.8. The lowest BCUT2D eigenvalue weighted by atomic mass is 9.96. The molecule has 3 aromatic rings. The van der Waals surface area contributed by atoms with Gasteiger partial charge < -0.3 is 30.2 Å². The molecule has 256 valence electrons. The summed E-state index contributed by atoms with van der Waals surface area (Å²) in [4.78, 5) is 62.8. The lowest BCUT2D eigenvalue weighted by Gasteiger charge is -2.27. The number of amides is 4. The molecule has 2 aromatic carbocycles. The Balaban J connectivity index is 1.16. The first-order chi connectivity index (χ1) is 23.0. The quantitative estimate of drug-likeness (QED) is 0.250. The van der Waals surface area contributed by atoms with Crippen molar-refractivity contribution in [2.75, 3.05) is 32.1 Å². The monoisotopic (exact) mass is 656 g/mol. The van der Waals surface area contributed by atoms with E-state index >= 15 is 0 Å². The number of ether oxygens (including phenoxy) is 1. The average Bonchev–Trinajstić information content (AvgIpc) is 3.88. The molecule has 2 aliphatic heterocycles. The molecular weight excluding hydrogens is 608 g/mol. The van der Waals surface area contributed by atoms with Crippen molar-refractivity contribution in [2.45, 2.75) is 66.0 Å². The number of nitrogens with zero attached hydrogens (tertiary/aromatic N) is 3. The number of hydrogen-bond acceptors (Lipinski definition) is 6. The van der Waals surface area contributed by atoms with E-state index in [1.54, 1.807) is 4.90 Å². The third-order valence-corrected chi connectivity index (χ3v) is 9.77.